The van der Waals surface area contributed by atoms with E-state index in [2.05, 4.69) is 16.0 Å². The molecule has 22 heavy (non-hydrogen) atoms. The summed E-state index contributed by atoms with van der Waals surface area (Å²) in [6.45, 7) is 2.74. The Balaban J connectivity index is 2.29. The second-order valence-corrected chi connectivity index (χ2v) is 4.60. The Bertz CT molecular complexity index is 506. The van der Waals surface area contributed by atoms with Gasteiger partial charge in [-0.2, -0.15) is 0 Å². The molecular formula is C15H23N3O4. The number of methoxy groups -OCH3 is 2. The fraction of sp³-hybridized carbons (Fsp3) is 0.467. The summed E-state index contributed by atoms with van der Waals surface area (Å²) in [7, 11) is 3.17. The fourth-order valence-electron chi connectivity index (χ4n) is 1.83. The molecule has 3 amide bonds. The lowest BCUT2D eigenvalue weighted by Gasteiger charge is -2.10. The Morgan fingerprint density at radius 2 is 1.59 bits per heavy atom. The maximum absolute atomic E-state index is 11.5. The normalized spacial score (nSPS) is 9.77. The van der Waals surface area contributed by atoms with Gasteiger partial charge in [-0.25, -0.2) is 4.79 Å². The van der Waals surface area contributed by atoms with E-state index in [4.69, 9.17) is 9.47 Å². The molecule has 0 heterocycles. The fourth-order valence-corrected chi connectivity index (χ4v) is 1.83. The highest BCUT2D eigenvalue weighted by molar-refractivity contribution is 5.74. The molecule has 0 fully saturated rings. The van der Waals surface area contributed by atoms with E-state index >= 15 is 0 Å². The van der Waals surface area contributed by atoms with Crippen molar-refractivity contribution in [2.45, 2.75) is 13.3 Å². The second-order valence-electron chi connectivity index (χ2n) is 4.60. The number of hydrogen-bond acceptors (Lipinski definition) is 4. The van der Waals surface area contributed by atoms with Gasteiger partial charge in [-0.1, -0.05) is 6.07 Å². The second kappa shape index (κ2) is 9.49. The molecule has 7 nitrogen and oxygen atoms in total. The highest BCUT2D eigenvalue weighted by Crippen LogP contribution is 2.27. The molecule has 1 rings (SSSR count). The minimum absolute atomic E-state index is 0.115. The maximum Gasteiger partial charge on any atom is 0.314 e. The predicted octanol–water partition coefficient (Wildman–Crippen LogP) is 0.682. The Morgan fingerprint density at radius 3 is 2.23 bits per heavy atom. The number of hydrogen-bond donors (Lipinski definition) is 3. The van der Waals surface area contributed by atoms with E-state index in [9.17, 15) is 9.59 Å². The van der Waals surface area contributed by atoms with Gasteiger partial charge in [0.15, 0.2) is 11.5 Å². The molecule has 3 N–H and O–H groups in total. The molecule has 0 spiro atoms. The Labute approximate surface area is 130 Å². The van der Waals surface area contributed by atoms with Crippen LogP contribution in [0.3, 0.4) is 0 Å². The molecule has 0 saturated heterocycles. The highest BCUT2D eigenvalue weighted by Gasteiger charge is 2.05. The number of urea groups is 1. The van der Waals surface area contributed by atoms with Crippen LogP contribution in [0.15, 0.2) is 18.2 Å². The molecule has 0 saturated carbocycles. The van der Waals surface area contributed by atoms with Crippen LogP contribution in [0, 0.1) is 0 Å². The number of benzene rings is 1. The molecule has 1 aromatic carbocycles. The Hall–Kier alpha value is -2.44. The van der Waals surface area contributed by atoms with Crippen LogP contribution in [0.4, 0.5) is 4.79 Å². The van der Waals surface area contributed by atoms with Crippen molar-refractivity contribution in [3.8, 4) is 11.5 Å². The number of carbonyl (C=O) groups is 2. The number of carbonyl (C=O) groups excluding carboxylic acids is 2. The third-order valence-corrected chi connectivity index (χ3v) is 2.93. The number of nitrogens with one attached hydrogen (secondary N) is 3. The summed E-state index contributed by atoms with van der Waals surface area (Å²) in [5.41, 5.74) is 1.04. The molecule has 0 radical (unpaired) electrons. The standard InChI is InChI=1S/C15H23N3O4/c1-11(19)16-8-9-18-15(20)17-7-6-12-4-5-13(21-2)14(10-12)22-3/h4-5,10H,6-9H2,1-3H3,(H,16,19)(H2,17,18,20). The Kier molecular flexibility index (Phi) is 7.60. The third-order valence-electron chi connectivity index (χ3n) is 2.93. The van der Waals surface area contributed by atoms with E-state index in [1.165, 1.54) is 6.92 Å². The molecule has 122 valence electrons. The van der Waals surface area contributed by atoms with Crippen LogP contribution < -0.4 is 25.4 Å². The van der Waals surface area contributed by atoms with E-state index in [-0.39, 0.29) is 11.9 Å². The van der Waals surface area contributed by atoms with E-state index in [0.29, 0.717) is 37.6 Å². The molecular weight excluding hydrogens is 286 g/mol. The third kappa shape index (κ3) is 6.34. The zero-order valence-electron chi connectivity index (χ0n) is 13.2. The number of amides is 3. The van der Waals surface area contributed by atoms with Crippen LogP contribution in [0.1, 0.15) is 12.5 Å². The van der Waals surface area contributed by atoms with Crippen molar-refractivity contribution in [2.24, 2.45) is 0 Å². The lowest BCUT2D eigenvalue weighted by Crippen LogP contribution is -2.40. The van der Waals surface area contributed by atoms with Crippen molar-refractivity contribution in [3.63, 3.8) is 0 Å². The first kappa shape index (κ1) is 17.6. The smallest absolute Gasteiger partial charge is 0.314 e. The van der Waals surface area contributed by atoms with Gasteiger partial charge < -0.3 is 25.4 Å². The van der Waals surface area contributed by atoms with Gasteiger partial charge in [-0.05, 0) is 24.1 Å². The van der Waals surface area contributed by atoms with Crippen LogP contribution in [-0.2, 0) is 11.2 Å². The van der Waals surface area contributed by atoms with Crippen molar-refractivity contribution in [3.05, 3.63) is 23.8 Å². The molecule has 0 aliphatic carbocycles. The van der Waals surface area contributed by atoms with Gasteiger partial charge in [-0.15, -0.1) is 0 Å². The average Bonchev–Trinajstić information content (AvgIpc) is 2.51. The van der Waals surface area contributed by atoms with Crippen molar-refractivity contribution in [1.29, 1.82) is 0 Å². The molecule has 0 aromatic heterocycles. The number of ether oxygens (including phenoxy) is 2. The van der Waals surface area contributed by atoms with Crippen LogP contribution >= 0.6 is 0 Å². The van der Waals surface area contributed by atoms with Crippen molar-refractivity contribution in [2.75, 3.05) is 33.9 Å². The van der Waals surface area contributed by atoms with E-state index in [1.807, 2.05) is 18.2 Å². The molecule has 0 bridgehead atoms. The maximum atomic E-state index is 11.5. The topological polar surface area (TPSA) is 88.7 Å². The quantitative estimate of drug-likeness (QED) is 0.616. The highest BCUT2D eigenvalue weighted by atomic mass is 16.5. The molecule has 1 aromatic rings. The zero-order valence-corrected chi connectivity index (χ0v) is 13.2. The molecule has 0 atom stereocenters. The summed E-state index contributed by atoms with van der Waals surface area (Å²) in [6.07, 6.45) is 0.680. The van der Waals surface area contributed by atoms with Gasteiger partial charge in [0.2, 0.25) is 5.91 Å². The summed E-state index contributed by atoms with van der Waals surface area (Å²) in [6, 6.07) is 5.39. The first-order valence-corrected chi connectivity index (χ1v) is 7.04. The van der Waals surface area contributed by atoms with Gasteiger partial charge >= 0.3 is 6.03 Å². The lowest BCUT2D eigenvalue weighted by atomic mass is 10.1. The van der Waals surface area contributed by atoms with Gasteiger partial charge in [-0.3, -0.25) is 4.79 Å². The minimum atomic E-state index is -0.258. The van der Waals surface area contributed by atoms with Gasteiger partial charge in [0, 0.05) is 26.6 Å². The van der Waals surface area contributed by atoms with Crippen molar-refractivity contribution in [1.82, 2.24) is 16.0 Å². The molecule has 0 aliphatic rings. The SMILES string of the molecule is COc1ccc(CCNC(=O)NCCNC(C)=O)cc1OC. The van der Waals surface area contributed by atoms with Crippen LogP contribution in [0.2, 0.25) is 0 Å². The van der Waals surface area contributed by atoms with Gasteiger partial charge in [0.25, 0.3) is 0 Å². The predicted molar refractivity (Wildman–Crippen MR) is 83.3 cm³/mol. The summed E-state index contributed by atoms with van der Waals surface area (Å²) in [5, 5.41) is 8.01. The van der Waals surface area contributed by atoms with Crippen molar-refractivity contribution < 1.29 is 19.1 Å². The van der Waals surface area contributed by atoms with Crippen LogP contribution in [0.25, 0.3) is 0 Å². The van der Waals surface area contributed by atoms with Crippen molar-refractivity contribution >= 4 is 11.9 Å². The monoisotopic (exact) mass is 309 g/mol. The largest absolute Gasteiger partial charge is 0.493 e. The zero-order chi connectivity index (χ0) is 16.4. The minimum Gasteiger partial charge on any atom is -0.493 e. The summed E-state index contributed by atoms with van der Waals surface area (Å²) >= 11 is 0. The van der Waals surface area contributed by atoms with E-state index in [0.717, 1.165) is 5.56 Å². The first-order chi connectivity index (χ1) is 10.6. The summed E-state index contributed by atoms with van der Waals surface area (Å²) in [5.74, 6) is 1.23. The molecule has 0 aliphatic heterocycles. The average molecular weight is 309 g/mol. The first-order valence-electron chi connectivity index (χ1n) is 7.04. The summed E-state index contributed by atoms with van der Waals surface area (Å²) in [4.78, 5) is 22.2. The van der Waals surface area contributed by atoms with Crippen LogP contribution in [-0.4, -0.2) is 45.8 Å². The van der Waals surface area contributed by atoms with E-state index in [1.54, 1.807) is 14.2 Å². The lowest BCUT2D eigenvalue weighted by molar-refractivity contribution is -0.118. The molecule has 0 unspecified atom stereocenters. The van der Waals surface area contributed by atoms with Crippen LogP contribution in [0.5, 0.6) is 11.5 Å². The summed E-state index contributed by atoms with van der Waals surface area (Å²) < 4.78 is 10.4. The van der Waals surface area contributed by atoms with E-state index < -0.39 is 0 Å². The van der Waals surface area contributed by atoms with Gasteiger partial charge in [0.05, 0.1) is 14.2 Å². The van der Waals surface area contributed by atoms with Gasteiger partial charge in [0.1, 0.15) is 0 Å². The Morgan fingerprint density at radius 1 is 0.955 bits per heavy atom. The molecule has 7 heteroatoms. The number of rotatable bonds is 8.